The number of aromatic nitrogens is 5. The second-order valence-corrected chi connectivity index (χ2v) is 13.4. The lowest BCUT2D eigenvalue weighted by atomic mass is 9.71. The Kier molecular flexibility index (Phi) is 8.69. The number of Topliss-reactive ketones (excluding diaryl/α,β-unsaturated/α-hetero) is 1. The highest BCUT2D eigenvalue weighted by atomic mass is 127. The third-order valence-corrected chi connectivity index (χ3v) is 10.4. The molecule has 3 heterocycles. The lowest BCUT2D eigenvalue weighted by molar-refractivity contribution is -0.115. The molecule has 2 aromatic heterocycles. The summed E-state index contributed by atoms with van der Waals surface area (Å²) in [5.41, 5.74) is 1.62. The van der Waals surface area contributed by atoms with E-state index in [0.717, 1.165) is 4.57 Å². The van der Waals surface area contributed by atoms with Crippen molar-refractivity contribution in [2.45, 2.75) is 32.0 Å². The maximum absolute atomic E-state index is 14.1. The molecule has 0 saturated heterocycles. The zero-order valence-corrected chi connectivity index (χ0v) is 30.2. The van der Waals surface area contributed by atoms with Gasteiger partial charge in [0.05, 0.1) is 48.5 Å². The maximum Gasteiger partial charge on any atom is 0.347 e. The highest BCUT2D eigenvalue weighted by Gasteiger charge is 2.43. The summed E-state index contributed by atoms with van der Waals surface area (Å²) in [4.78, 5) is 72.6. The summed E-state index contributed by atoms with van der Waals surface area (Å²) in [6.45, 7) is -0.0638. The van der Waals surface area contributed by atoms with Crippen LogP contribution in [0.1, 0.15) is 23.7 Å². The average Bonchev–Trinajstić information content (AvgIpc) is 3.38. The van der Waals surface area contributed by atoms with E-state index in [1.54, 1.807) is 43.5 Å². The van der Waals surface area contributed by atoms with Gasteiger partial charge in [0, 0.05) is 61.7 Å². The van der Waals surface area contributed by atoms with Gasteiger partial charge in [-0.15, -0.1) is 0 Å². The van der Waals surface area contributed by atoms with E-state index in [0.29, 0.717) is 42.8 Å². The van der Waals surface area contributed by atoms with Gasteiger partial charge in [-0.05, 0) is 45.9 Å². The number of carbonyl (C=O) groups excluding carboxylic acids is 2. The number of ketones is 2. The number of carbonyl (C=O) groups is 2. The predicted molar refractivity (Wildman–Crippen MR) is 195 cm³/mol. The minimum Gasteiger partial charge on any atom is -0.504 e. The van der Waals surface area contributed by atoms with E-state index >= 15 is 0 Å². The molecule has 0 amide bonds. The molecule has 2 aliphatic carbocycles. The molecular weight excluding hydrogens is 773 g/mol. The number of hydrogen-bond acceptors (Lipinski definition) is 10. The van der Waals surface area contributed by atoms with Gasteiger partial charge in [0.1, 0.15) is 5.69 Å². The summed E-state index contributed by atoms with van der Waals surface area (Å²) >= 11 is 1.86. The second kappa shape index (κ2) is 13.0. The number of methoxy groups -OCH3 is 3. The molecule has 262 valence electrons. The molecule has 15 heteroatoms. The number of benzene rings is 2. The van der Waals surface area contributed by atoms with Crippen molar-refractivity contribution in [3.63, 3.8) is 0 Å². The fourth-order valence-corrected chi connectivity index (χ4v) is 7.65. The summed E-state index contributed by atoms with van der Waals surface area (Å²) < 4.78 is 21.5. The molecule has 51 heavy (non-hydrogen) atoms. The SMILES string of the molecule is COc1cc(C=CC2C3=CCn4c(=O)n(CCc5nc6cc(OC)c(OC)cc6n(C)c5=O)c(=O)n4C3CC3=C2C(=O)C(I)=CC3=O)ccc1O. The maximum atomic E-state index is 14.1. The Morgan fingerprint density at radius 3 is 2.43 bits per heavy atom. The number of phenols is 1. The van der Waals surface area contributed by atoms with Gasteiger partial charge in [-0.1, -0.05) is 24.3 Å². The first kappa shape index (κ1) is 34.0. The number of ether oxygens (including phenoxy) is 3. The van der Waals surface area contributed by atoms with E-state index in [9.17, 15) is 29.1 Å². The van der Waals surface area contributed by atoms with Crippen LogP contribution in [0.5, 0.6) is 23.0 Å². The van der Waals surface area contributed by atoms with Gasteiger partial charge in [0.2, 0.25) is 0 Å². The molecule has 2 aromatic carbocycles. The predicted octanol–water partition coefficient (Wildman–Crippen LogP) is 3.01. The molecular formula is C36H32IN5O9. The number of nitrogens with zero attached hydrogens (tertiary/aromatic N) is 5. The minimum absolute atomic E-state index is 0.00591. The first-order valence-corrected chi connectivity index (χ1v) is 17.0. The van der Waals surface area contributed by atoms with E-state index < -0.39 is 23.3 Å². The second-order valence-electron chi connectivity index (χ2n) is 12.3. The molecule has 3 aliphatic rings. The molecule has 0 spiro atoms. The minimum atomic E-state index is -0.724. The van der Waals surface area contributed by atoms with Crippen molar-refractivity contribution in [1.82, 2.24) is 23.5 Å². The van der Waals surface area contributed by atoms with Crippen LogP contribution in [0.3, 0.4) is 0 Å². The van der Waals surface area contributed by atoms with Gasteiger partial charge in [-0.2, -0.15) is 0 Å². The van der Waals surface area contributed by atoms with Crippen molar-refractivity contribution in [1.29, 1.82) is 0 Å². The lowest BCUT2D eigenvalue weighted by Gasteiger charge is -2.38. The van der Waals surface area contributed by atoms with Gasteiger partial charge >= 0.3 is 11.4 Å². The van der Waals surface area contributed by atoms with E-state index in [-0.39, 0.29) is 65.8 Å². The fraction of sp³-hybridized carbons (Fsp3) is 0.278. The van der Waals surface area contributed by atoms with Crippen molar-refractivity contribution < 1.29 is 28.9 Å². The molecule has 0 bridgehead atoms. The van der Waals surface area contributed by atoms with Crippen LogP contribution in [0.25, 0.3) is 17.1 Å². The Hall–Kier alpha value is -5.45. The first-order valence-electron chi connectivity index (χ1n) is 16.0. The lowest BCUT2D eigenvalue weighted by Crippen LogP contribution is -2.41. The number of fused-ring (bicyclic) bond motifs is 4. The van der Waals surface area contributed by atoms with Crippen molar-refractivity contribution in [2.24, 2.45) is 13.0 Å². The van der Waals surface area contributed by atoms with Crippen LogP contribution in [-0.4, -0.2) is 61.5 Å². The van der Waals surface area contributed by atoms with Gasteiger partial charge in [0.15, 0.2) is 34.6 Å². The number of phenolic OH excluding ortho intramolecular Hbond substituents is 1. The van der Waals surface area contributed by atoms with Crippen LogP contribution < -0.4 is 31.1 Å². The fourth-order valence-electron chi connectivity index (χ4n) is 7.08. The van der Waals surface area contributed by atoms with E-state index in [4.69, 9.17) is 14.2 Å². The van der Waals surface area contributed by atoms with Crippen LogP contribution >= 0.6 is 22.6 Å². The monoisotopic (exact) mass is 805 g/mol. The number of aromatic hydroxyl groups is 1. The van der Waals surface area contributed by atoms with Crippen molar-refractivity contribution >= 4 is 51.3 Å². The van der Waals surface area contributed by atoms with Crippen LogP contribution in [0.15, 0.2) is 83.2 Å². The Labute approximate surface area is 303 Å². The molecule has 14 nitrogen and oxygen atoms in total. The summed E-state index contributed by atoms with van der Waals surface area (Å²) in [6, 6.07) is 7.41. The molecule has 0 radical (unpaired) electrons. The number of allylic oxidation sites excluding steroid dienone is 7. The largest absolute Gasteiger partial charge is 0.504 e. The standard InChI is InChI=1S/C36H32IN5O9/c1-39-26-17-31(51-4)30(50-3)16-24(26)38-23(34(39)46)10-11-40-35(47)41-12-9-19-20(7-5-18-6-8-27(43)29(13-18)49-2)32-21(14-25(19)42(41)36(40)48)28(44)15-22(37)33(32)45/h5-9,13,15-17,20,25,43H,10-12,14H2,1-4H3. The Bertz CT molecular complexity index is 2490. The van der Waals surface area contributed by atoms with Gasteiger partial charge in [-0.25, -0.2) is 28.5 Å². The highest BCUT2D eigenvalue weighted by Crippen LogP contribution is 2.46. The van der Waals surface area contributed by atoms with Crippen LogP contribution in [0, 0.1) is 5.92 Å². The average molecular weight is 806 g/mol. The molecule has 0 saturated carbocycles. The summed E-state index contributed by atoms with van der Waals surface area (Å²) in [5.74, 6) is -0.147. The van der Waals surface area contributed by atoms with Crippen LogP contribution in [0.2, 0.25) is 0 Å². The van der Waals surface area contributed by atoms with Crippen molar-refractivity contribution in [3.8, 4) is 23.0 Å². The molecule has 4 aromatic rings. The number of halogens is 1. The Morgan fingerprint density at radius 1 is 0.980 bits per heavy atom. The normalized spacial score (nSPS) is 18.4. The van der Waals surface area contributed by atoms with Crippen LogP contribution in [-0.2, 0) is 36.1 Å². The first-order chi connectivity index (χ1) is 24.5. The molecule has 1 N–H and O–H groups in total. The van der Waals surface area contributed by atoms with Gasteiger partial charge < -0.3 is 23.9 Å². The molecule has 2 unspecified atom stereocenters. The molecule has 1 aliphatic heterocycles. The smallest absolute Gasteiger partial charge is 0.347 e. The number of rotatable bonds is 8. The molecule has 7 rings (SSSR count). The van der Waals surface area contributed by atoms with Gasteiger partial charge in [0.25, 0.3) is 5.56 Å². The Morgan fingerprint density at radius 2 is 1.71 bits per heavy atom. The van der Waals surface area contributed by atoms with Crippen molar-refractivity contribution in [3.05, 3.63) is 111 Å². The highest BCUT2D eigenvalue weighted by molar-refractivity contribution is 14.1. The summed E-state index contributed by atoms with van der Waals surface area (Å²) in [6.07, 6.45) is 6.73. The topological polar surface area (TPSA) is 166 Å². The van der Waals surface area contributed by atoms with Crippen LogP contribution in [0.4, 0.5) is 0 Å². The molecule has 2 atom stereocenters. The van der Waals surface area contributed by atoms with E-state index in [2.05, 4.69) is 4.98 Å². The summed E-state index contributed by atoms with van der Waals surface area (Å²) in [7, 11) is 6.04. The van der Waals surface area contributed by atoms with Gasteiger partial charge in [-0.3, -0.25) is 14.4 Å². The quantitative estimate of drug-likeness (QED) is 0.159. The zero-order chi connectivity index (χ0) is 36.3. The number of aryl methyl sites for hydroxylation is 2. The van der Waals surface area contributed by atoms with Crippen molar-refractivity contribution in [2.75, 3.05) is 21.3 Å². The summed E-state index contributed by atoms with van der Waals surface area (Å²) in [5, 5.41) is 10.1. The number of hydrogen-bond donors (Lipinski definition) is 1. The Balaban J connectivity index is 1.26. The third kappa shape index (κ3) is 5.55. The van der Waals surface area contributed by atoms with E-state index in [1.807, 2.05) is 28.7 Å². The zero-order valence-electron chi connectivity index (χ0n) is 28.0. The third-order valence-electron chi connectivity index (χ3n) is 9.63. The van der Waals surface area contributed by atoms with E-state index in [1.165, 1.54) is 47.4 Å². The molecule has 0 fully saturated rings.